The van der Waals surface area contributed by atoms with Crippen molar-refractivity contribution in [2.24, 2.45) is 7.05 Å². The number of rotatable bonds is 3. The second-order valence-electron chi connectivity index (χ2n) is 7.23. The molecule has 0 atom stereocenters. The molecule has 0 fully saturated rings. The molecule has 2 heterocycles. The van der Waals surface area contributed by atoms with E-state index in [-0.39, 0.29) is 18.0 Å². The topological polar surface area (TPSA) is 77.0 Å². The van der Waals surface area contributed by atoms with Crippen LogP contribution in [0.25, 0.3) is 21.8 Å². The molecule has 0 radical (unpaired) electrons. The first-order chi connectivity index (χ1) is 14.6. The lowest BCUT2D eigenvalue weighted by Gasteiger charge is -2.18. The lowest BCUT2D eigenvalue weighted by Crippen LogP contribution is -2.26. The standard InChI is InChI=1S/C21H17F4N5O/c1-29(10-11-3-5-15(16(22)7-11)21(23,24)25)20(31)12-4-6-17-13(8-12)18-14(19(26)28-17)9-27-30(18)2/h3-9H,10H2,1-2H3,(H2,26,28). The highest BCUT2D eigenvalue weighted by Gasteiger charge is 2.34. The minimum Gasteiger partial charge on any atom is -0.383 e. The van der Waals surface area contributed by atoms with Crippen LogP contribution in [-0.4, -0.2) is 32.6 Å². The average molecular weight is 431 g/mol. The number of nitrogens with two attached hydrogens (primary N) is 1. The highest BCUT2D eigenvalue weighted by molar-refractivity contribution is 6.10. The number of aryl methyl sites for hydroxylation is 1. The van der Waals surface area contributed by atoms with E-state index in [0.29, 0.717) is 33.7 Å². The van der Waals surface area contributed by atoms with Gasteiger partial charge in [-0.15, -0.1) is 0 Å². The number of aromatic nitrogens is 3. The van der Waals surface area contributed by atoms with Crippen molar-refractivity contribution in [1.29, 1.82) is 0 Å². The maximum absolute atomic E-state index is 13.8. The van der Waals surface area contributed by atoms with E-state index < -0.39 is 17.6 Å². The van der Waals surface area contributed by atoms with E-state index in [2.05, 4.69) is 10.1 Å². The van der Waals surface area contributed by atoms with Gasteiger partial charge in [-0.2, -0.15) is 18.3 Å². The van der Waals surface area contributed by atoms with Gasteiger partial charge < -0.3 is 10.6 Å². The number of carbonyl (C=O) groups is 1. The lowest BCUT2D eigenvalue weighted by molar-refractivity contribution is -0.140. The minimum absolute atomic E-state index is 0.0625. The van der Waals surface area contributed by atoms with Gasteiger partial charge >= 0.3 is 6.18 Å². The monoisotopic (exact) mass is 431 g/mol. The second kappa shape index (κ2) is 7.22. The third kappa shape index (κ3) is 3.65. The molecule has 160 valence electrons. The number of benzene rings is 2. The number of anilines is 1. The summed E-state index contributed by atoms with van der Waals surface area (Å²) in [6.07, 6.45) is -3.18. The molecule has 1 amide bonds. The smallest absolute Gasteiger partial charge is 0.383 e. The van der Waals surface area contributed by atoms with Crippen LogP contribution in [0.5, 0.6) is 0 Å². The molecular weight excluding hydrogens is 414 g/mol. The zero-order valence-electron chi connectivity index (χ0n) is 16.5. The summed E-state index contributed by atoms with van der Waals surface area (Å²) >= 11 is 0. The van der Waals surface area contributed by atoms with Crippen LogP contribution in [0.1, 0.15) is 21.5 Å². The fourth-order valence-corrected chi connectivity index (χ4v) is 3.54. The van der Waals surface area contributed by atoms with Gasteiger partial charge in [-0.3, -0.25) is 9.48 Å². The quantitative estimate of drug-likeness (QED) is 0.495. The van der Waals surface area contributed by atoms with Crippen LogP contribution in [0.4, 0.5) is 23.4 Å². The molecule has 0 saturated carbocycles. The van der Waals surface area contributed by atoms with E-state index in [1.165, 1.54) is 11.9 Å². The van der Waals surface area contributed by atoms with E-state index >= 15 is 0 Å². The van der Waals surface area contributed by atoms with Gasteiger partial charge in [-0.1, -0.05) is 6.07 Å². The number of hydrogen-bond acceptors (Lipinski definition) is 4. The van der Waals surface area contributed by atoms with Crippen LogP contribution in [-0.2, 0) is 19.8 Å². The van der Waals surface area contributed by atoms with Gasteiger partial charge in [0, 0.05) is 31.6 Å². The molecule has 2 aromatic carbocycles. The van der Waals surface area contributed by atoms with E-state index in [1.807, 2.05) is 0 Å². The molecule has 0 aliphatic carbocycles. The first-order valence-electron chi connectivity index (χ1n) is 9.18. The number of pyridine rings is 1. The van der Waals surface area contributed by atoms with Gasteiger partial charge in [0.2, 0.25) is 0 Å². The van der Waals surface area contributed by atoms with Crippen molar-refractivity contribution in [3.8, 4) is 0 Å². The molecule has 6 nitrogen and oxygen atoms in total. The first kappa shape index (κ1) is 20.6. The molecule has 0 saturated heterocycles. The van der Waals surface area contributed by atoms with Crippen LogP contribution >= 0.6 is 0 Å². The van der Waals surface area contributed by atoms with Crippen molar-refractivity contribution in [1.82, 2.24) is 19.7 Å². The number of hydrogen-bond donors (Lipinski definition) is 1. The predicted octanol–water partition coefficient (Wildman–Crippen LogP) is 4.13. The highest BCUT2D eigenvalue weighted by Crippen LogP contribution is 2.32. The summed E-state index contributed by atoms with van der Waals surface area (Å²) in [5.74, 6) is -1.43. The molecule has 4 aromatic rings. The molecule has 31 heavy (non-hydrogen) atoms. The highest BCUT2D eigenvalue weighted by atomic mass is 19.4. The Kier molecular flexibility index (Phi) is 4.79. The van der Waals surface area contributed by atoms with Gasteiger partial charge in [0.1, 0.15) is 11.6 Å². The van der Waals surface area contributed by atoms with Crippen molar-refractivity contribution >= 4 is 33.5 Å². The van der Waals surface area contributed by atoms with Gasteiger partial charge in [0.05, 0.1) is 28.2 Å². The SMILES string of the molecule is CN(Cc1ccc(C(F)(F)F)c(F)c1)C(=O)c1ccc2nc(N)c3cnn(C)c3c2c1. The van der Waals surface area contributed by atoms with E-state index in [9.17, 15) is 22.4 Å². The van der Waals surface area contributed by atoms with Crippen LogP contribution < -0.4 is 5.73 Å². The van der Waals surface area contributed by atoms with Crippen LogP contribution in [0.15, 0.2) is 42.6 Å². The lowest BCUT2D eigenvalue weighted by atomic mass is 10.1. The van der Waals surface area contributed by atoms with Gasteiger partial charge in [0.25, 0.3) is 5.91 Å². The van der Waals surface area contributed by atoms with Crippen molar-refractivity contribution < 1.29 is 22.4 Å². The van der Waals surface area contributed by atoms with Crippen LogP contribution in [0.2, 0.25) is 0 Å². The van der Waals surface area contributed by atoms with Crippen LogP contribution in [0.3, 0.4) is 0 Å². The molecule has 0 unspecified atom stereocenters. The summed E-state index contributed by atoms with van der Waals surface area (Å²) in [7, 11) is 3.24. The molecule has 0 spiro atoms. The summed E-state index contributed by atoms with van der Waals surface area (Å²) < 4.78 is 53.7. The molecule has 0 bridgehead atoms. The van der Waals surface area contributed by atoms with Gasteiger partial charge in [0.15, 0.2) is 0 Å². The van der Waals surface area contributed by atoms with E-state index in [1.54, 1.807) is 36.1 Å². The first-order valence-corrected chi connectivity index (χ1v) is 9.18. The fourth-order valence-electron chi connectivity index (χ4n) is 3.54. The summed E-state index contributed by atoms with van der Waals surface area (Å²) in [5.41, 5.74) is 6.54. The average Bonchev–Trinajstić information content (AvgIpc) is 3.09. The number of carbonyl (C=O) groups excluding carboxylic acids is 1. The van der Waals surface area contributed by atoms with E-state index in [0.717, 1.165) is 17.6 Å². The van der Waals surface area contributed by atoms with Crippen molar-refractivity contribution in [3.63, 3.8) is 0 Å². The molecular formula is C21H17F4N5O. The van der Waals surface area contributed by atoms with Crippen molar-refractivity contribution in [2.75, 3.05) is 12.8 Å². The van der Waals surface area contributed by atoms with Crippen molar-refractivity contribution in [2.45, 2.75) is 12.7 Å². The van der Waals surface area contributed by atoms with Gasteiger partial charge in [-0.25, -0.2) is 9.37 Å². The molecule has 10 heteroatoms. The van der Waals surface area contributed by atoms with E-state index in [4.69, 9.17) is 5.73 Å². The zero-order chi connectivity index (χ0) is 22.5. The molecule has 4 rings (SSSR count). The molecule has 2 N–H and O–H groups in total. The minimum atomic E-state index is -4.77. The molecule has 0 aliphatic rings. The number of halogens is 4. The third-order valence-electron chi connectivity index (χ3n) is 5.06. The number of amides is 1. The zero-order valence-corrected chi connectivity index (χ0v) is 16.5. The Morgan fingerprint density at radius 1 is 1.16 bits per heavy atom. The summed E-state index contributed by atoms with van der Waals surface area (Å²) in [5, 5.41) is 5.54. The predicted molar refractivity (Wildman–Crippen MR) is 108 cm³/mol. The maximum atomic E-state index is 13.8. The molecule has 0 aliphatic heterocycles. The summed E-state index contributed by atoms with van der Waals surface area (Å²) in [6.45, 7) is -0.0625. The number of fused-ring (bicyclic) bond motifs is 3. The normalized spacial score (nSPS) is 11.9. The number of alkyl halides is 3. The third-order valence-corrected chi connectivity index (χ3v) is 5.06. The Labute approximate surface area is 173 Å². The second-order valence-corrected chi connectivity index (χ2v) is 7.23. The maximum Gasteiger partial charge on any atom is 0.419 e. The fraction of sp³-hybridized carbons (Fsp3) is 0.190. The largest absolute Gasteiger partial charge is 0.419 e. The Morgan fingerprint density at radius 3 is 2.58 bits per heavy atom. The Hall–Kier alpha value is -3.69. The number of nitrogens with zero attached hydrogens (tertiary/aromatic N) is 4. The molecule has 2 aromatic heterocycles. The summed E-state index contributed by atoms with van der Waals surface area (Å²) in [6, 6.07) is 7.53. The number of nitrogen functional groups attached to an aromatic ring is 1. The van der Waals surface area contributed by atoms with Crippen molar-refractivity contribution in [3.05, 3.63) is 65.1 Å². The van der Waals surface area contributed by atoms with Gasteiger partial charge in [-0.05, 0) is 35.9 Å². The Morgan fingerprint density at radius 2 is 1.90 bits per heavy atom. The van der Waals surface area contributed by atoms with Crippen LogP contribution in [0, 0.1) is 5.82 Å². The summed E-state index contributed by atoms with van der Waals surface area (Å²) in [4.78, 5) is 18.5. The Balaban J connectivity index is 1.65. The Bertz CT molecular complexity index is 1330.